The number of piperidine rings is 1. The van der Waals surface area contributed by atoms with Gasteiger partial charge in [0, 0.05) is 26.8 Å². The zero-order valence-corrected chi connectivity index (χ0v) is 12.9. The summed E-state index contributed by atoms with van der Waals surface area (Å²) in [5, 5.41) is 6.84. The van der Waals surface area contributed by atoms with Gasteiger partial charge in [0.25, 0.3) is 0 Å². The first-order valence-electron chi connectivity index (χ1n) is 7.41. The number of hydrogen-bond donors (Lipinski definition) is 1. The molecule has 1 aromatic heterocycles. The minimum atomic E-state index is -0.460. The van der Waals surface area contributed by atoms with Gasteiger partial charge < -0.3 is 15.0 Å². The Morgan fingerprint density at radius 2 is 2.27 bits per heavy atom. The highest BCUT2D eigenvalue weighted by atomic mass is 16.6. The first kappa shape index (κ1) is 14.8. The number of nitrogens with one attached hydrogen (secondary N) is 1. The van der Waals surface area contributed by atoms with Crippen molar-refractivity contribution in [2.75, 3.05) is 38.5 Å². The van der Waals surface area contributed by atoms with Gasteiger partial charge in [0.1, 0.15) is 5.60 Å². The summed E-state index contributed by atoms with van der Waals surface area (Å²) in [6.07, 6.45) is 4.86. The lowest BCUT2D eigenvalue weighted by Gasteiger charge is -2.37. The molecule has 8 heteroatoms. The van der Waals surface area contributed by atoms with Crippen LogP contribution < -0.4 is 5.32 Å². The third-order valence-electron chi connectivity index (χ3n) is 4.12. The Bertz CT molecular complexity index is 587. The Morgan fingerprint density at radius 1 is 1.45 bits per heavy atom. The largest absolute Gasteiger partial charge is 0.440 e. The molecule has 1 spiro atoms. The van der Waals surface area contributed by atoms with Crippen LogP contribution in [0.2, 0.25) is 0 Å². The standard InChI is InChI=1S/C14H21N5O3/c1-17-9-14(22-13(17)21)4-3-5-19(10-14)8-12(20)16-11-6-15-18(2)7-11/h6-7H,3-5,8-10H2,1-2H3,(H,16,20)/t14-/m1/s1. The molecule has 1 atom stereocenters. The lowest BCUT2D eigenvalue weighted by Crippen LogP contribution is -2.52. The molecule has 2 aliphatic heterocycles. The van der Waals surface area contributed by atoms with E-state index in [0.29, 0.717) is 18.8 Å². The summed E-state index contributed by atoms with van der Waals surface area (Å²) >= 11 is 0. The van der Waals surface area contributed by atoms with E-state index < -0.39 is 5.60 Å². The van der Waals surface area contributed by atoms with Crippen LogP contribution in [0.3, 0.4) is 0 Å². The number of carbonyl (C=O) groups excluding carboxylic acids is 2. The lowest BCUT2D eigenvalue weighted by atomic mass is 9.93. The van der Waals surface area contributed by atoms with Gasteiger partial charge in [-0.3, -0.25) is 14.4 Å². The molecule has 2 amide bonds. The SMILES string of the molecule is CN1C[C@@]2(CCCN(CC(=O)Nc3cnn(C)c3)C2)OC1=O. The monoisotopic (exact) mass is 307 g/mol. The number of carbonyl (C=O) groups is 2. The Morgan fingerprint density at radius 3 is 2.91 bits per heavy atom. The van der Waals surface area contributed by atoms with E-state index in [1.165, 1.54) is 0 Å². The number of aromatic nitrogens is 2. The smallest absolute Gasteiger partial charge is 0.410 e. The highest BCUT2D eigenvalue weighted by Gasteiger charge is 2.46. The molecular formula is C14H21N5O3. The zero-order chi connectivity index (χ0) is 15.7. The molecule has 22 heavy (non-hydrogen) atoms. The van der Waals surface area contributed by atoms with Gasteiger partial charge in [0.05, 0.1) is 25.0 Å². The predicted octanol–water partition coefficient (Wildman–Crippen LogP) is 0.275. The van der Waals surface area contributed by atoms with Crippen LogP contribution in [0.4, 0.5) is 10.5 Å². The molecule has 0 bridgehead atoms. The molecular weight excluding hydrogens is 286 g/mol. The van der Waals surface area contributed by atoms with Crippen LogP contribution in [-0.2, 0) is 16.6 Å². The average Bonchev–Trinajstić information content (AvgIpc) is 2.94. The summed E-state index contributed by atoms with van der Waals surface area (Å²) < 4.78 is 7.17. The van der Waals surface area contributed by atoms with E-state index in [2.05, 4.69) is 10.4 Å². The normalized spacial score (nSPS) is 25.5. The van der Waals surface area contributed by atoms with Crippen LogP contribution in [0.15, 0.2) is 12.4 Å². The molecule has 120 valence electrons. The van der Waals surface area contributed by atoms with Gasteiger partial charge in [0.15, 0.2) is 0 Å². The van der Waals surface area contributed by atoms with Gasteiger partial charge >= 0.3 is 6.09 Å². The van der Waals surface area contributed by atoms with E-state index in [-0.39, 0.29) is 18.5 Å². The number of hydrogen-bond acceptors (Lipinski definition) is 5. The number of rotatable bonds is 3. The molecule has 1 aromatic rings. The summed E-state index contributed by atoms with van der Waals surface area (Å²) in [5.41, 5.74) is 0.227. The van der Waals surface area contributed by atoms with Gasteiger partial charge in [-0.2, -0.15) is 5.10 Å². The van der Waals surface area contributed by atoms with Gasteiger partial charge in [-0.25, -0.2) is 4.79 Å². The Hall–Kier alpha value is -2.09. The van der Waals surface area contributed by atoms with Gasteiger partial charge in [0.2, 0.25) is 5.91 Å². The third kappa shape index (κ3) is 3.06. The first-order valence-corrected chi connectivity index (χ1v) is 7.41. The second-order valence-corrected chi connectivity index (χ2v) is 6.17. The van der Waals surface area contributed by atoms with E-state index in [1.54, 1.807) is 36.1 Å². The van der Waals surface area contributed by atoms with Crippen molar-refractivity contribution in [2.24, 2.45) is 7.05 Å². The maximum Gasteiger partial charge on any atom is 0.410 e. The van der Waals surface area contributed by atoms with Crippen molar-refractivity contribution in [1.29, 1.82) is 0 Å². The number of likely N-dealkylation sites (N-methyl/N-ethyl adjacent to an activating group) is 1. The average molecular weight is 307 g/mol. The number of ether oxygens (including phenoxy) is 1. The maximum absolute atomic E-state index is 12.1. The Kier molecular flexibility index (Phi) is 3.78. The number of likely N-dealkylation sites (tertiary alicyclic amines) is 1. The van der Waals surface area contributed by atoms with Gasteiger partial charge in [-0.1, -0.05) is 0 Å². The molecule has 2 saturated heterocycles. The van der Waals surface area contributed by atoms with Crippen LogP contribution in [-0.4, -0.2) is 70.4 Å². The zero-order valence-electron chi connectivity index (χ0n) is 12.9. The Balaban J connectivity index is 1.56. The molecule has 0 unspecified atom stereocenters. The van der Waals surface area contributed by atoms with Crippen molar-refractivity contribution >= 4 is 17.7 Å². The summed E-state index contributed by atoms with van der Waals surface area (Å²) in [6.45, 7) is 2.32. The van der Waals surface area contributed by atoms with E-state index >= 15 is 0 Å². The molecule has 2 fully saturated rings. The summed E-state index contributed by atoms with van der Waals surface area (Å²) in [6, 6.07) is 0. The quantitative estimate of drug-likeness (QED) is 0.867. The number of anilines is 1. The predicted molar refractivity (Wildman–Crippen MR) is 79.4 cm³/mol. The highest BCUT2D eigenvalue weighted by Crippen LogP contribution is 2.31. The van der Waals surface area contributed by atoms with E-state index in [1.807, 2.05) is 4.90 Å². The maximum atomic E-state index is 12.1. The van der Waals surface area contributed by atoms with E-state index in [0.717, 1.165) is 19.4 Å². The fourth-order valence-corrected chi connectivity index (χ4v) is 3.22. The number of nitrogens with zero attached hydrogens (tertiary/aromatic N) is 4. The third-order valence-corrected chi connectivity index (χ3v) is 4.12. The molecule has 0 aliphatic carbocycles. The fraction of sp³-hybridized carbons (Fsp3) is 0.643. The minimum Gasteiger partial charge on any atom is -0.440 e. The molecule has 1 N–H and O–H groups in total. The molecule has 0 radical (unpaired) electrons. The second-order valence-electron chi connectivity index (χ2n) is 6.17. The molecule has 0 aromatic carbocycles. The molecule has 8 nitrogen and oxygen atoms in total. The van der Waals surface area contributed by atoms with Crippen molar-refractivity contribution in [2.45, 2.75) is 18.4 Å². The number of amides is 2. The molecule has 3 heterocycles. The van der Waals surface area contributed by atoms with Crippen LogP contribution in [0.1, 0.15) is 12.8 Å². The van der Waals surface area contributed by atoms with Crippen molar-refractivity contribution in [3.8, 4) is 0 Å². The van der Waals surface area contributed by atoms with Gasteiger partial charge in [-0.15, -0.1) is 0 Å². The summed E-state index contributed by atoms with van der Waals surface area (Å²) in [7, 11) is 3.54. The van der Waals surface area contributed by atoms with Crippen molar-refractivity contribution in [1.82, 2.24) is 19.6 Å². The van der Waals surface area contributed by atoms with E-state index in [4.69, 9.17) is 4.74 Å². The van der Waals surface area contributed by atoms with Crippen molar-refractivity contribution in [3.05, 3.63) is 12.4 Å². The van der Waals surface area contributed by atoms with Crippen LogP contribution in [0.25, 0.3) is 0 Å². The fourth-order valence-electron chi connectivity index (χ4n) is 3.22. The number of aryl methyl sites for hydroxylation is 1. The van der Waals surface area contributed by atoms with Crippen LogP contribution in [0.5, 0.6) is 0 Å². The molecule has 2 aliphatic rings. The van der Waals surface area contributed by atoms with Crippen LogP contribution >= 0.6 is 0 Å². The Labute approximate surface area is 129 Å². The van der Waals surface area contributed by atoms with E-state index in [9.17, 15) is 9.59 Å². The van der Waals surface area contributed by atoms with Crippen LogP contribution in [0, 0.1) is 0 Å². The minimum absolute atomic E-state index is 0.0808. The van der Waals surface area contributed by atoms with Crippen molar-refractivity contribution in [3.63, 3.8) is 0 Å². The highest BCUT2D eigenvalue weighted by molar-refractivity contribution is 5.92. The topological polar surface area (TPSA) is 79.7 Å². The second kappa shape index (κ2) is 5.60. The van der Waals surface area contributed by atoms with Gasteiger partial charge in [-0.05, 0) is 19.4 Å². The summed E-state index contributed by atoms with van der Waals surface area (Å²) in [5.74, 6) is -0.0808. The van der Waals surface area contributed by atoms with Crippen molar-refractivity contribution < 1.29 is 14.3 Å². The molecule has 0 saturated carbocycles. The summed E-state index contributed by atoms with van der Waals surface area (Å²) in [4.78, 5) is 27.4. The lowest BCUT2D eigenvalue weighted by molar-refractivity contribution is -0.118. The molecule has 3 rings (SSSR count). The first-order chi connectivity index (χ1) is 10.5.